The minimum Gasteiger partial charge on any atom is -1.00 e. The van der Waals surface area contributed by atoms with Gasteiger partial charge in [0.25, 0.3) is 0 Å². The van der Waals surface area contributed by atoms with Crippen molar-refractivity contribution in [2.75, 3.05) is 0 Å². The average molecular weight is 286 g/mol. The molecule has 0 aromatic carbocycles. The van der Waals surface area contributed by atoms with E-state index in [4.69, 9.17) is 0 Å². The molecule has 0 aromatic heterocycles. The van der Waals surface area contributed by atoms with Crippen LogP contribution < -0.4 is 12.4 Å². The van der Waals surface area contributed by atoms with Crippen LogP contribution in [-0.2, 0) is 21.7 Å². The zero-order valence-electron chi connectivity index (χ0n) is 10.2. The van der Waals surface area contributed by atoms with Crippen molar-refractivity contribution >= 4 is 15.2 Å². The van der Waals surface area contributed by atoms with E-state index < -0.39 is 0 Å². The first kappa shape index (κ1) is 26.2. The minimum atomic E-state index is 0. The molecule has 0 N–H and O–H groups in total. The summed E-state index contributed by atoms with van der Waals surface area (Å²) < 4.78 is 0. The molecule has 0 heterocycles. The summed E-state index contributed by atoms with van der Waals surface area (Å²) in [6.45, 7) is 0. The second-order valence-corrected chi connectivity index (χ2v) is 3.66. The Kier molecular flexibility index (Phi) is 41.5. The van der Waals surface area contributed by atoms with Crippen LogP contribution >= 0.6 is 0 Å². The van der Waals surface area contributed by atoms with Crippen LogP contribution in [0, 0.1) is 71.6 Å². The Bertz CT molecular complexity index is 58.8. The van der Waals surface area contributed by atoms with Gasteiger partial charge in [0.2, 0.25) is 0 Å². The first-order valence-corrected chi connectivity index (χ1v) is 6.80. The molecule has 2 rings (SSSR count). The van der Waals surface area contributed by atoms with Gasteiger partial charge in [-0.3, -0.25) is 0 Å². The first-order chi connectivity index (χ1) is 6.41. The van der Waals surface area contributed by atoms with Crippen molar-refractivity contribution in [1.29, 1.82) is 0 Å². The zero-order chi connectivity index (χ0) is 9.78. The first-order valence-electron chi connectivity index (χ1n) is 4.49. The van der Waals surface area contributed by atoms with Gasteiger partial charge in [-0.15, -0.1) is 11.6 Å². The number of halogens is 1. The van der Waals surface area contributed by atoms with Gasteiger partial charge in [0.1, 0.15) is 0 Å². The van der Waals surface area contributed by atoms with Gasteiger partial charge < -0.3 is 19.8 Å². The number of hydrogen-bond acceptors (Lipinski definition) is 0. The Morgan fingerprint density at radius 3 is 0.688 bits per heavy atom. The molecule has 2 saturated carbocycles. The number of hydrogen-bond donors (Lipinski definition) is 0. The SMILES string of the molecule is [CH3-].[CH3][Al][CH3].[CH]1[CH][CH][CH][CH]1.[CH]1[CH][CH][CH][CH]1.[Cl-].[Ti+4]. The van der Waals surface area contributed by atoms with Crippen molar-refractivity contribution in [3.63, 3.8) is 0 Å². The van der Waals surface area contributed by atoms with E-state index >= 15 is 0 Å². The van der Waals surface area contributed by atoms with E-state index in [1.54, 1.807) is 0 Å². The second-order valence-electron chi connectivity index (χ2n) is 2.50. The van der Waals surface area contributed by atoms with E-state index in [2.05, 4.69) is 11.6 Å². The quantitative estimate of drug-likeness (QED) is 0.443. The van der Waals surface area contributed by atoms with Crippen LogP contribution in [0.3, 0.4) is 0 Å². The maximum Gasteiger partial charge on any atom is 4.00 e. The Morgan fingerprint density at radius 2 is 0.625 bits per heavy atom. The molecular weight excluding hydrogens is 266 g/mol. The summed E-state index contributed by atoms with van der Waals surface area (Å²) in [5.41, 5.74) is 0. The van der Waals surface area contributed by atoms with Crippen molar-refractivity contribution < 1.29 is 34.1 Å². The Labute approximate surface area is 132 Å². The van der Waals surface area contributed by atoms with E-state index in [0.717, 1.165) is 15.2 Å². The predicted octanol–water partition coefficient (Wildman–Crippen LogP) is 0.281. The second kappa shape index (κ2) is 25.4. The Hall–Kier alpha value is 1.54. The van der Waals surface area contributed by atoms with E-state index in [1.807, 2.05) is 64.2 Å². The maximum atomic E-state index is 2.21. The Balaban J connectivity index is -0.0000000638. The van der Waals surface area contributed by atoms with Crippen molar-refractivity contribution in [3.8, 4) is 0 Å². The summed E-state index contributed by atoms with van der Waals surface area (Å²) in [6.07, 6.45) is 20.0. The molecule has 2 aliphatic carbocycles. The molecule has 2 aliphatic rings. The zero-order valence-corrected chi connectivity index (χ0v) is 13.7. The molecule has 0 aliphatic heterocycles. The molecule has 0 bridgehead atoms. The van der Waals surface area contributed by atoms with Crippen molar-refractivity contribution in [2.24, 2.45) is 0 Å². The topological polar surface area (TPSA) is 0 Å². The predicted molar refractivity (Wildman–Crippen MR) is 66.9 cm³/mol. The molecule has 0 amide bonds. The molecule has 0 saturated heterocycles. The van der Waals surface area contributed by atoms with E-state index in [-0.39, 0.29) is 41.6 Å². The summed E-state index contributed by atoms with van der Waals surface area (Å²) in [6, 6.07) is 0. The molecule has 0 aromatic rings. The number of rotatable bonds is 0. The molecular formula is C13H19AlClTi+2. The fourth-order valence-electron chi connectivity index (χ4n) is 0.642. The summed E-state index contributed by atoms with van der Waals surface area (Å²) >= 11 is 0.750. The molecule has 0 nitrogen and oxygen atoms in total. The minimum absolute atomic E-state index is 0. The van der Waals surface area contributed by atoms with Crippen LogP contribution in [-0.4, -0.2) is 15.2 Å². The summed E-state index contributed by atoms with van der Waals surface area (Å²) in [4.78, 5) is 0. The van der Waals surface area contributed by atoms with Crippen molar-refractivity contribution in [2.45, 2.75) is 11.6 Å². The van der Waals surface area contributed by atoms with Gasteiger partial charge in [-0.05, 0) is 64.2 Å². The smallest absolute Gasteiger partial charge is 1.00 e. The van der Waals surface area contributed by atoms with Crippen LogP contribution in [0.4, 0.5) is 0 Å². The Morgan fingerprint density at radius 1 is 0.562 bits per heavy atom. The summed E-state index contributed by atoms with van der Waals surface area (Å²) in [5.74, 6) is 4.42. The van der Waals surface area contributed by atoms with Gasteiger partial charge >= 0.3 is 21.7 Å². The standard InChI is InChI=1S/2C5H5.3CH3.Al.ClH.Ti/c2*1-2-4-5-3-1;;;;;;/h2*1-5H;3*1H3;;1H;/q;;;;-1;;;+4/p-1. The molecule has 11 radical (unpaired) electrons. The molecule has 83 valence electrons. The average Bonchev–Trinajstić information content (AvgIpc) is 2.85. The van der Waals surface area contributed by atoms with Gasteiger partial charge in [-0.25, -0.2) is 0 Å². The van der Waals surface area contributed by atoms with Gasteiger partial charge in [0.05, 0.1) is 0 Å². The van der Waals surface area contributed by atoms with E-state index in [0.29, 0.717) is 0 Å². The van der Waals surface area contributed by atoms with Gasteiger partial charge in [-0.1, -0.05) is 0 Å². The van der Waals surface area contributed by atoms with E-state index in [1.165, 1.54) is 0 Å². The monoisotopic (exact) mass is 285 g/mol. The molecule has 0 unspecified atom stereocenters. The molecule has 16 heavy (non-hydrogen) atoms. The van der Waals surface area contributed by atoms with Crippen molar-refractivity contribution in [1.82, 2.24) is 0 Å². The molecule has 0 spiro atoms. The largest absolute Gasteiger partial charge is 4.00 e. The summed E-state index contributed by atoms with van der Waals surface area (Å²) in [7, 11) is 0. The van der Waals surface area contributed by atoms with Crippen LogP contribution in [0.1, 0.15) is 0 Å². The van der Waals surface area contributed by atoms with Crippen LogP contribution in [0.5, 0.6) is 0 Å². The van der Waals surface area contributed by atoms with E-state index in [9.17, 15) is 0 Å². The molecule has 3 heteroatoms. The third-order valence-corrected chi connectivity index (χ3v) is 1.11. The third-order valence-electron chi connectivity index (χ3n) is 1.11. The maximum absolute atomic E-state index is 2.21. The van der Waals surface area contributed by atoms with Crippen molar-refractivity contribution in [3.05, 3.63) is 71.6 Å². The summed E-state index contributed by atoms with van der Waals surface area (Å²) in [5, 5.41) is 0. The fourth-order valence-corrected chi connectivity index (χ4v) is 0.642. The van der Waals surface area contributed by atoms with Crippen LogP contribution in [0.15, 0.2) is 0 Å². The van der Waals surface area contributed by atoms with Gasteiger partial charge in [0.15, 0.2) is 15.2 Å². The fraction of sp³-hybridized carbons (Fsp3) is 0.154. The van der Waals surface area contributed by atoms with Gasteiger partial charge in [-0.2, -0.15) is 0 Å². The third kappa shape index (κ3) is 24.7. The van der Waals surface area contributed by atoms with Gasteiger partial charge in [0, 0.05) is 0 Å². The molecule has 0 atom stereocenters. The van der Waals surface area contributed by atoms with Crippen LogP contribution in [0.25, 0.3) is 0 Å². The molecule has 2 fully saturated rings. The normalized spacial score (nSPS) is 15.9. The van der Waals surface area contributed by atoms with Crippen LogP contribution in [0.2, 0.25) is 11.6 Å².